The first kappa shape index (κ1) is 20.0. The summed E-state index contributed by atoms with van der Waals surface area (Å²) in [6.07, 6.45) is 4.00. The standard InChI is InChI=1S/C20H27N5O3S/c1-14(2)18-10-20(26)25(13-21-18)11-15-3-6-24(7-4-15)19-9-16-12-29(27,28)8-5-17(16)22-23-19/h9-10,13-15H,3-8,11-12H2,1-2H3. The van der Waals surface area contributed by atoms with Gasteiger partial charge in [0.25, 0.3) is 5.56 Å². The second kappa shape index (κ2) is 7.85. The molecule has 0 unspecified atom stereocenters. The van der Waals surface area contributed by atoms with Gasteiger partial charge in [-0.2, -0.15) is 5.10 Å². The van der Waals surface area contributed by atoms with Gasteiger partial charge in [-0.05, 0) is 36.3 Å². The third-order valence-electron chi connectivity index (χ3n) is 5.86. The van der Waals surface area contributed by atoms with Crippen LogP contribution in [0.3, 0.4) is 0 Å². The summed E-state index contributed by atoms with van der Waals surface area (Å²) in [4.78, 5) is 18.9. The van der Waals surface area contributed by atoms with Crippen LogP contribution < -0.4 is 10.5 Å². The normalized spacial score (nSPS) is 19.3. The predicted octanol–water partition coefficient (Wildman–Crippen LogP) is 1.54. The van der Waals surface area contributed by atoms with Crippen LogP contribution in [0.5, 0.6) is 0 Å². The summed E-state index contributed by atoms with van der Waals surface area (Å²) in [5.74, 6) is 1.62. The Morgan fingerprint density at radius 3 is 2.62 bits per heavy atom. The van der Waals surface area contributed by atoms with E-state index in [0.29, 0.717) is 18.9 Å². The lowest BCUT2D eigenvalue weighted by Gasteiger charge is -2.33. The van der Waals surface area contributed by atoms with Crippen LogP contribution in [-0.4, -0.2) is 47.0 Å². The number of hydrogen-bond acceptors (Lipinski definition) is 7. The molecule has 1 saturated heterocycles. The van der Waals surface area contributed by atoms with E-state index in [2.05, 4.69) is 20.1 Å². The van der Waals surface area contributed by atoms with Crippen molar-refractivity contribution in [2.45, 2.75) is 51.3 Å². The van der Waals surface area contributed by atoms with E-state index in [1.54, 1.807) is 17.0 Å². The molecule has 0 atom stereocenters. The molecule has 4 rings (SSSR count). The van der Waals surface area contributed by atoms with Crippen molar-refractivity contribution in [3.05, 3.63) is 45.8 Å². The third-order valence-corrected chi connectivity index (χ3v) is 7.43. The third kappa shape index (κ3) is 4.49. The van der Waals surface area contributed by atoms with E-state index in [1.807, 2.05) is 19.9 Å². The van der Waals surface area contributed by atoms with Gasteiger partial charge < -0.3 is 4.90 Å². The molecule has 2 aliphatic heterocycles. The van der Waals surface area contributed by atoms with Gasteiger partial charge in [-0.1, -0.05) is 13.8 Å². The van der Waals surface area contributed by atoms with E-state index in [9.17, 15) is 13.2 Å². The van der Waals surface area contributed by atoms with Crippen LogP contribution in [0, 0.1) is 5.92 Å². The van der Waals surface area contributed by atoms with Crippen molar-refractivity contribution in [1.29, 1.82) is 0 Å². The fraction of sp³-hybridized carbons (Fsp3) is 0.600. The molecule has 0 N–H and O–H groups in total. The average molecular weight is 418 g/mol. The Labute approximate surface area is 170 Å². The van der Waals surface area contributed by atoms with Crippen LogP contribution in [0.15, 0.2) is 23.3 Å². The van der Waals surface area contributed by atoms with Crippen molar-refractivity contribution in [3.8, 4) is 0 Å². The molecule has 1 fully saturated rings. The molecule has 0 aromatic carbocycles. The van der Waals surface area contributed by atoms with Crippen LogP contribution in [0.2, 0.25) is 0 Å². The second-order valence-electron chi connectivity index (χ2n) is 8.41. The highest BCUT2D eigenvalue weighted by Crippen LogP contribution is 2.26. The van der Waals surface area contributed by atoms with Crippen molar-refractivity contribution in [2.24, 2.45) is 5.92 Å². The summed E-state index contributed by atoms with van der Waals surface area (Å²) >= 11 is 0. The molecule has 8 nitrogen and oxygen atoms in total. The van der Waals surface area contributed by atoms with Gasteiger partial charge in [-0.3, -0.25) is 9.36 Å². The topological polar surface area (TPSA) is 98.0 Å². The average Bonchev–Trinajstić information content (AvgIpc) is 2.68. The van der Waals surface area contributed by atoms with Crippen molar-refractivity contribution in [3.63, 3.8) is 0 Å². The number of anilines is 1. The summed E-state index contributed by atoms with van der Waals surface area (Å²) in [6, 6.07) is 3.52. The minimum absolute atomic E-state index is 0.00731. The molecule has 0 aliphatic carbocycles. The molecule has 9 heteroatoms. The van der Waals surface area contributed by atoms with Crippen LogP contribution in [0.25, 0.3) is 0 Å². The molecule has 0 saturated carbocycles. The summed E-state index contributed by atoms with van der Waals surface area (Å²) < 4.78 is 25.5. The number of piperidine rings is 1. The molecule has 156 valence electrons. The number of rotatable bonds is 4. The minimum atomic E-state index is -3.02. The van der Waals surface area contributed by atoms with Crippen LogP contribution in [-0.2, 0) is 28.6 Å². The first-order valence-corrected chi connectivity index (χ1v) is 12.0. The zero-order chi connectivity index (χ0) is 20.6. The Bertz CT molecular complexity index is 1060. The van der Waals surface area contributed by atoms with Crippen molar-refractivity contribution in [1.82, 2.24) is 19.7 Å². The first-order chi connectivity index (χ1) is 13.8. The van der Waals surface area contributed by atoms with Gasteiger partial charge in [0.1, 0.15) is 0 Å². The van der Waals surface area contributed by atoms with Gasteiger partial charge in [0.2, 0.25) is 0 Å². The zero-order valence-corrected chi connectivity index (χ0v) is 17.7. The monoisotopic (exact) mass is 417 g/mol. The molecule has 29 heavy (non-hydrogen) atoms. The molecule has 0 bridgehead atoms. The van der Waals surface area contributed by atoms with Gasteiger partial charge in [0.05, 0.1) is 29.2 Å². The van der Waals surface area contributed by atoms with E-state index in [0.717, 1.165) is 48.7 Å². The molecule has 0 amide bonds. The van der Waals surface area contributed by atoms with Gasteiger partial charge in [0.15, 0.2) is 15.7 Å². The quantitative estimate of drug-likeness (QED) is 0.744. The molecule has 0 radical (unpaired) electrons. The number of fused-ring (bicyclic) bond motifs is 1. The Kier molecular flexibility index (Phi) is 5.42. The molecule has 4 heterocycles. The highest BCUT2D eigenvalue weighted by Gasteiger charge is 2.26. The summed E-state index contributed by atoms with van der Waals surface area (Å²) in [6.45, 7) is 6.36. The highest BCUT2D eigenvalue weighted by atomic mass is 32.2. The van der Waals surface area contributed by atoms with Gasteiger partial charge in [-0.15, -0.1) is 5.10 Å². The highest BCUT2D eigenvalue weighted by molar-refractivity contribution is 7.90. The maximum Gasteiger partial charge on any atom is 0.253 e. The van der Waals surface area contributed by atoms with E-state index < -0.39 is 9.84 Å². The molecule has 2 aliphatic rings. The van der Waals surface area contributed by atoms with Gasteiger partial charge >= 0.3 is 0 Å². The smallest absolute Gasteiger partial charge is 0.253 e. The Morgan fingerprint density at radius 2 is 1.93 bits per heavy atom. The van der Waals surface area contributed by atoms with E-state index in [-0.39, 0.29) is 23.0 Å². The van der Waals surface area contributed by atoms with Gasteiger partial charge in [-0.25, -0.2) is 13.4 Å². The predicted molar refractivity (Wildman–Crippen MR) is 111 cm³/mol. The fourth-order valence-electron chi connectivity index (χ4n) is 4.01. The van der Waals surface area contributed by atoms with E-state index in [1.165, 1.54) is 0 Å². The number of sulfone groups is 1. The minimum Gasteiger partial charge on any atom is -0.355 e. The second-order valence-corrected chi connectivity index (χ2v) is 10.6. The zero-order valence-electron chi connectivity index (χ0n) is 16.9. The maximum atomic E-state index is 12.3. The first-order valence-electron chi connectivity index (χ1n) is 10.2. The largest absolute Gasteiger partial charge is 0.355 e. The molecular weight excluding hydrogens is 390 g/mol. The number of hydrogen-bond donors (Lipinski definition) is 0. The summed E-state index contributed by atoms with van der Waals surface area (Å²) in [5, 5.41) is 8.60. The lowest BCUT2D eigenvalue weighted by atomic mass is 9.96. The van der Waals surface area contributed by atoms with Gasteiger partial charge in [0, 0.05) is 32.1 Å². The van der Waals surface area contributed by atoms with Crippen LogP contribution in [0.4, 0.5) is 5.82 Å². The summed E-state index contributed by atoms with van der Waals surface area (Å²) in [5.41, 5.74) is 2.42. The van der Waals surface area contributed by atoms with Crippen molar-refractivity contribution < 1.29 is 8.42 Å². The number of nitrogens with zero attached hydrogens (tertiary/aromatic N) is 5. The molecule has 0 spiro atoms. The lowest BCUT2D eigenvalue weighted by Crippen LogP contribution is -2.37. The maximum absolute atomic E-state index is 12.3. The van der Waals surface area contributed by atoms with Crippen molar-refractivity contribution >= 4 is 15.7 Å². The van der Waals surface area contributed by atoms with Crippen LogP contribution >= 0.6 is 0 Å². The fourth-order valence-corrected chi connectivity index (χ4v) is 5.38. The number of aromatic nitrogens is 4. The van der Waals surface area contributed by atoms with Crippen molar-refractivity contribution in [2.75, 3.05) is 23.7 Å². The Balaban J connectivity index is 1.39. The Hall–Kier alpha value is -2.29. The SMILES string of the molecule is CC(C)c1cc(=O)n(CC2CCN(c3cc4c(nn3)CCS(=O)(=O)C4)CC2)cn1. The molecule has 2 aromatic rings. The number of aryl methyl sites for hydroxylation is 1. The van der Waals surface area contributed by atoms with E-state index in [4.69, 9.17) is 0 Å². The van der Waals surface area contributed by atoms with E-state index >= 15 is 0 Å². The molecule has 2 aromatic heterocycles. The Morgan fingerprint density at radius 1 is 1.17 bits per heavy atom. The van der Waals surface area contributed by atoms with Crippen LogP contribution in [0.1, 0.15) is 49.6 Å². The lowest BCUT2D eigenvalue weighted by molar-refractivity contribution is 0.349. The summed E-state index contributed by atoms with van der Waals surface area (Å²) in [7, 11) is -3.02. The molecular formula is C20H27N5O3S.